The Kier molecular flexibility index (Phi) is 5.65. The first-order valence-corrected chi connectivity index (χ1v) is 11.6. The number of nitrogens with zero attached hydrogens (tertiary/aromatic N) is 3. The van der Waals surface area contributed by atoms with Gasteiger partial charge in [-0.25, -0.2) is 4.98 Å². The molecule has 2 atom stereocenters. The molecule has 4 aromatic rings. The molecule has 0 bridgehead atoms. The highest BCUT2D eigenvalue weighted by Gasteiger charge is 2.40. The number of aromatic nitrogens is 2. The number of imidazole rings is 1. The topological polar surface area (TPSA) is 67.2 Å². The average Bonchev–Trinajstić information content (AvgIpc) is 3.22. The van der Waals surface area contributed by atoms with E-state index in [0.717, 1.165) is 39.2 Å². The molecule has 1 aliphatic rings. The maximum Gasteiger partial charge on any atom is 0.247 e. The predicted octanol–water partition coefficient (Wildman–Crippen LogP) is 5.33. The Hall–Kier alpha value is -3.93. The van der Waals surface area contributed by atoms with Crippen LogP contribution in [0.25, 0.3) is 11.0 Å². The van der Waals surface area contributed by atoms with Crippen LogP contribution < -0.4 is 5.32 Å². The second-order valence-corrected chi connectivity index (χ2v) is 9.04. The lowest BCUT2D eigenvalue weighted by molar-refractivity contribution is -0.142. The molecule has 6 nitrogen and oxygen atoms in total. The van der Waals surface area contributed by atoms with E-state index in [0.29, 0.717) is 6.54 Å². The standard InChI is InChI=1S/C28H28N4O2/c1-18-13-14-22(19(2)15-18)29-26(33)16-25-28(34)31(17-21-9-5-4-6-10-21)20(3)27-30-23-11-7-8-12-24(23)32(25)27/h4-15,20,25H,16-17H2,1-3H3,(H,29,33). The summed E-state index contributed by atoms with van der Waals surface area (Å²) in [6.45, 7) is 6.47. The summed E-state index contributed by atoms with van der Waals surface area (Å²) >= 11 is 0. The van der Waals surface area contributed by atoms with E-state index < -0.39 is 6.04 Å². The number of amides is 2. The molecule has 3 aromatic carbocycles. The normalized spacial score (nSPS) is 17.6. The lowest BCUT2D eigenvalue weighted by Gasteiger charge is -2.38. The number of aryl methyl sites for hydroxylation is 2. The molecule has 5 rings (SSSR count). The highest BCUT2D eigenvalue weighted by Crippen LogP contribution is 2.37. The zero-order valence-corrected chi connectivity index (χ0v) is 19.7. The zero-order chi connectivity index (χ0) is 23.8. The van der Waals surface area contributed by atoms with Gasteiger partial charge in [0.05, 0.1) is 23.5 Å². The van der Waals surface area contributed by atoms with E-state index in [-0.39, 0.29) is 24.3 Å². The van der Waals surface area contributed by atoms with Crippen LogP contribution in [-0.2, 0) is 16.1 Å². The Morgan fingerprint density at radius 1 is 1.00 bits per heavy atom. The fourth-order valence-electron chi connectivity index (χ4n) is 4.82. The maximum atomic E-state index is 13.8. The van der Waals surface area contributed by atoms with Crippen LogP contribution in [0, 0.1) is 13.8 Å². The van der Waals surface area contributed by atoms with Crippen LogP contribution in [0.5, 0.6) is 0 Å². The predicted molar refractivity (Wildman–Crippen MR) is 133 cm³/mol. The SMILES string of the molecule is Cc1ccc(NC(=O)CC2C(=O)N(Cc3ccccc3)C(C)c3nc4ccccc4n32)c(C)c1. The molecule has 1 aromatic heterocycles. The summed E-state index contributed by atoms with van der Waals surface area (Å²) < 4.78 is 1.96. The molecular weight excluding hydrogens is 424 g/mol. The van der Waals surface area contributed by atoms with E-state index in [1.807, 2.05) is 103 Å². The van der Waals surface area contributed by atoms with Crippen molar-refractivity contribution in [2.45, 2.75) is 45.8 Å². The van der Waals surface area contributed by atoms with Crippen LogP contribution in [0.4, 0.5) is 5.69 Å². The van der Waals surface area contributed by atoms with Crippen molar-refractivity contribution in [3.05, 3.63) is 95.3 Å². The first-order valence-electron chi connectivity index (χ1n) is 11.6. The van der Waals surface area contributed by atoms with Gasteiger partial charge in [-0.15, -0.1) is 0 Å². The smallest absolute Gasteiger partial charge is 0.247 e. The van der Waals surface area contributed by atoms with Crippen molar-refractivity contribution in [3.8, 4) is 0 Å². The summed E-state index contributed by atoms with van der Waals surface area (Å²) in [5, 5.41) is 3.01. The number of nitrogens with one attached hydrogen (secondary N) is 1. The van der Waals surface area contributed by atoms with Crippen LogP contribution in [0.3, 0.4) is 0 Å². The summed E-state index contributed by atoms with van der Waals surface area (Å²) in [6.07, 6.45) is 0.0392. The molecule has 2 amide bonds. The highest BCUT2D eigenvalue weighted by molar-refractivity contribution is 5.96. The molecule has 172 valence electrons. The van der Waals surface area contributed by atoms with E-state index in [1.165, 1.54) is 0 Å². The molecule has 1 N–H and O–H groups in total. The summed E-state index contributed by atoms with van der Waals surface area (Å²) in [6, 6.07) is 22.8. The van der Waals surface area contributed by atoms with Crippen LogP contribution in [-0.4, -0.2) is 26.3 Å². The van der Waals surface area contributed by atoms with Crippen molar-refractivity contribution in [2.75, 3.05) is 5.32 Å². The third-order valence-corrected chi connectivity index (χ3v) is 6.57. The Bertz CT molecular complexity index is 1380. The van der Waals surface area contributed by atoms with Crippen molar-refractivity contribution in [2.24, 2.45) is 0 Å². The van der Waals surface area contributed by atoms with Gasteiger partial charge in [0.25, 0.3) is 0 Å². The molecule has 34 heavy (non-hydrogen) atoms. The number of benzene rings is 3. The third-order valence-electron chi connectivity index (χ3n) is 6.57. The minimum atomic E-state index is -0.659. The lowest BCUT2D eigenvalue weighted by Crippen LogP contribution is -2.45. The Morgan fingerprint density at radius 2 is 1.74 bits per heavy atom. The van der Waals surface area contributed by atoms with Gasteiger partial charge >= 0.3 is 0 Å². The third kappa shape index (κ3) is 3.96. The second kappa shape index (κ2) is 8.78. The van der Waals surface area contributed by atoms with Gasteiger partial charge in [-0.2, -0.15) is 0 Å². The van der Waals surface area contributed by atoms with Crippen LogP contribution in [0.1, 0.15) is 47.9 Å². The molecule has 0 aliphatic carbocycles. The zero-order valence-electron chi connectivity index (χ0n) is 19.7. The molecule has 0 saturated heterocycles. The minimum Gasteiger partial charge on any atom is -0.327 e. The summed E-state index contributed by atoms with van der Waals surface area (Å²) in [7, 11) is 0. The van der Waals surface area contributed by atoms with E-state index in [2.05, 4.69) is 5.32 Å². The van der Waals surface area contributed by atoms with Crippen LogP contribution in [0.2, 0.25) is 0 Å². The number of carbonyl (C=O) groups excluding carboxylic acids is 2. The molecule has 0 fully saturated rings. The monoisotopic (exact) mass is 452 g/mol. The molecule has 0 spiro atoms. The first-order chi connectivity index (χ1) is 16.4. The van der Waals surface area contributed by atoms with E-state index in [4.69, 9.17) is 4.98 Å². The molecule has 1 aliphatic heterocycles. The number of hydrogen-bond donors (Lipinski definition) is 1. The average molecular weight is 453 g/mol. The molecule has 2 unspecified atom stereocenters. The highest BCUT2D eigenvalue weighted by atomic mass is 16.2. The van der Waals surface area contributed by atoms with Gasteiger partial charge in [0.2, 0.25) is 11.8 Å². The van der Waals surface area contributed by atoms with Gasteiger partial charge in [0, 0.05) is 12.2 Å². The summed E-state index contributed by atoms with van der Waals surface area (Å²) in [5.74, 6) is 0.548. The van der Waals surface area contributed by atoms with Crippen LogP contribution in [0.15, 0.2) is 72.8 Å². The van der Waals surface area contributed by atoms with Gasteiger partial charge in [0.1, 0.15) is 11.9 Å². The Labute approximate surface area is 199 Å². The molecular formula is C28H28N4O2. The van der Waals surface area contributed by atoms with Crippen molar-refractivity contribution in [3.63, 3.8) is 0 Å². The maximum absolute atomic E-state index is 13.8. The van der Waals surface area contributed by atoms with Gasteiger partial charge in [-0.05, 0) is 50.1 Å². The van der Waals surface area contributed by atoms with E-state index >= 15 is 0 Å². The number of para-hydroxylation sites is 2. The largest absolute Gasteiger partial charge is 0.327 e. The van der Waals surface area contributed by atoms with Gasteiger partial charge in [-0.1, -0.05) is 60.2 Å². The molecule has 6 heteroatoms. The number of anilines is 1. The Balaban J connectivity index is 1.51. The lowest BCUT2D eigenvalue weighted by atomic mass is 10.0. The van der Waals surface area contributed by atoms with Gasteiger partial charge < -0.3 is 14.8 Å². The second-order valence-electron chi connectivity index (χ2n) is 9.04. The summed E-state index contributed by atoms with van der Waals surface area (Å²) in [4.78, 5) is 33.7. The fraction of sp³-hybridized carbons (Fsp3) is 0.250. The fourth-order valence-corrected chi connectivity index (χ4v) is 4.82. The summed E-state index contributed by atoms with van der Waals surface area (Å²) in [5.41, 5.74) is 5.66. The van der Waals surface area contributed by atoms with Crippen LogP contribution >= 0.6 is 0 Å². The van der Waals surface area contributed by atoms with Gasteiger partial charge in [0.15, 0.2) is 0 Å². The number of carbonyl (C=O) groups is 2. The quantitative estimate of drug-likeness (QED) is 0.445. The van der Waals surface area contributed by atoms with Gasteiger partial charge in [-0.3, -0.25) is 9.59 Å². The first kappa shape index (κ1) is 21.9. The Morgan fingerprint density at radius 3 is 2.50 bits per heavy atom. The minimum absolute atomic E-state index is 0.0392. The number of hydrogen-bond acceptors (Lipinski definition) is 3. The van der Waals surface area contributed by atoms with Crippen molar-refractivity contribution < 1.29 is 9.59 Å². The molecule has 0 radical (unpaired) electrons. The van der Waals surface area contributed by atoms with E-state index in [9.17, 15) is 9.59 Å². The molecule has 0 saturated carbocycles. The van der Waals surface area contributed by atoms with Crippen molar-refractivity contribution in [1.29, 1.82) is 0 Å². The molecule has 2 heterocycles. The van der Waals surface area contributed by atoms with Crippen molar-refractivity contribution in [1.82, 2.24) is 14.5 Å². The number of rotatable bonds is 5. The van der Waals surface area contributed by atoms with E-state index in [1.54, 1.807) is 0 Å². The van der Waals surface area contributed by atoms with Crippen molar-refractivity contribution >= 4 is 28.5 Å². The number of fused-ring (bicyclic) bond motifs is 3.